The van der Waals surface area contributed by atoms with Crippen molar-refractivity contribution in [2.24, 2.45) is 11.3 Å². The molecule has 0 radical (unpaired) electrons. The molecule has 1 unspecified atom stereocenters. The van der Waals surface area contributed by atoms with E-state index in [4.69, 9.17) is 0 Å². The van der Waals surface area contributed by atoms with Gasteiger partial charge in [-0.05, 0) is 18.3 Å². The molecule has 16 heavy (non-hydrogen) atoms. The Labute approximate surface area is 99.4 Å². The van der Waals surface area contributed by atoms with Crippen molar-refractivity contribution in [1.82, 2.24) is 4.90 Å². The van der Waals surface area contributed by atoms with Gasteiger partial charge in [0.1, 0.15) is 5.78 Å². The van der Waals surface area contributed by atoms with Crippen molar-refractivity contribution in [2.45, 2.75) is 52.4 Å². The van der Waals surface area contributed by atoms with Crippen LogP contribution in [0.25, 0.3) is 0 Å². The highest BCUT2D eigenvalue weighted by molar-refractivity contribution is 5.81. The predicted octanol–water partition coefficient (Wildman–Crippen LogP) is 2.87. The quantitative estimate of drug-likeness (QED) is 0.717. The smallest absolute Gasteiger partial charge is 0.138 e. The molecule has 1 saturated carbocycles. The van der Waals surface area contributed by atoms with E-state index in [0.29, 0.717) is 11.2 Å². The van der Waals surface area contributed by atoms with E-state index in [0.717, 1.165) is 19.5 Å². The third-order valence-corrected chi connectivity index (χ3v) is 4.42. The van der Waals surface area contributed by atoms with E-state index >= 15 is 0 Å². The molecule has 0 amide bonds. The zero-order valence-corrected chi connectivity index (χ0v) is 10.8. The van der Waals surface area contributed by atoms with E-state index in [2.05, 4.69) is 18.7 Å². The maximum Gasteiger partial charge on any atom is 0.138 e. The number of rotatable bonds is 2. The van der Waals surface area contributed by atoms with E-state index in [9.17, 15) is 4.79 Å². The van der Waals surface area contributed by atoms with E-state index in [1.807, 2.05) is 0 Å². The third kappa shape index (κ3) is 2.85. The number of Topliss-reactive ketones (excluding diaryl/α,β-unsaturated/α-hetero) is 1. The molecule has 0 N–H and O–H groups in total. The molecule has 0 aromatic heterocycles. The first kappa shape index (κ1) is 12.1. The van der Waals surface area contributed by atoms with Gasteiger partial charge in [0.15, 0.2) is 0 Å². The summed E-state index contributed by atoms with van der Waals surface area (Å²) in [4.78, 5) is 14.0. The molecule has 0 bridgehead atoms. The van der Waals surface area contributed by atoms with Gasteiger partial charge in [-0.3, -0.25) is 4.79 Å². The van der Waals surface area contributed by atoms with Crippen molar-refractivity contribution in [2.75, 3.05) is 19.6 Å². The van der Waals surface area contributed by atoms with Crippen molar-refractivity contribution in [3.63, 3.8) is 0 Å². The van der Waals surface area contributed by atoms with Crippen LogP contribution in [0.1, 0.15) is 52.4 Å². The predicted molar refractivity (Wildman–Crippen MR) is 66.4 cm³/mol. The topological polar surface area (TPSA) is 20.3 Å². The number of carbonyl (C=O) groups excluding carboxylic acids is 1. The Bertz CT molecular complexity index is 255. The number of likely N-dealkylation sites (tertiary alicyclic amines) is 1. The minimum atomic E-state index is 0.265. The maximum absolute atomic E-state index is 11.5. The standard InChI is InChI=1S/C14H25NO/c1-12-10-15(9-6-13(12)16)11-14(2)7-4-3-5-8-14/h12H,3-11H2,1-2H3. The van der Waals surface area contributed by atoms with Crippen LogP contribution < -0.4 is 0 Å². The minimum absolute atomic E-state index is 0.265. The SMILES string of the molecule is CC1CN(CC2(C)CCCCC2)CCC1=O. The zero-order chi connectivity index (χ0) is 11.6. The van der Waals surface area contributed by atoms with Gasteiger partial charge in [0.2, 0.25) is 0 Å². The Hall–Kier alpha value is -0.370. The Kier molecular flexibility index (Phi) is 3.68. The summed E-state index contributed by atoms with van der Waals surface area (Å²) in [5.74, 6) is 0.728. The molecule has 1 aliphatic heterocycles. The van der Waals surface area contributed by atoms with Gasteiger partial charge in [-0.15, -0.1) is 0 Å². The Morgan fingerprint density at radius 3 is 2.62 bits per heavy atom. The first-order chi connectivity index (χ1) is 7.59. The van der Waals surface area contributed by atoms with Crippen LogP contribution in [0.2, 0.25) is 0 Å². The molecule has 0 spiro atoms. The number of nitrogens with zero attached hydrogens (tertiary/aromatic N) is 1. The number of piperidine rings is 1. The molecule has 1 saturated heterocycles. The summed E-state index contributed by atoms with van der Waals surface area (Å²) in [7, 11) is 0. The molecular weight excluding hydrogens is 198 g/mol. The van der Waals surface area contributed by atoms with Gasteiger partial charge >= 0.3 is 0 Å². The van der Waals surface area contributed by atoms with Crippen LogP contribution in [-0.4, -0.2) is 30.3 Å². The van der Waals surface area contributed by atoms with Gasteiger partial charge in [-0.1, -0.05) is 33.1 Å². The lowest BCUT2D eigenvalue weighted by Crippen LogP contribution is -2.45. The molecule has 2 heteroatoms. The molecule has 0 aromatic carbocycles. The molecule has 2 nitrogen and oxygen atoms in total. The third-order valence-electron chi connectivity index (χ3n) is 4.42. The van der Waals surface area contributed by atoms with E-state index in [1.165, 1.54) is 38.6 Å². The summed E-state index contributed by atoms with van der Waals surface area (Å²) >= 11 is 0. The normalized spacial score (nSPS) is 31.6. The van der Waals surface area contributed by atoms with Crippen LogP contribution in [0, 0.1) is 11.3 Å². The van der Waals surface area contributed by atoms with Gasteiger partial charge in [0.05, 0.1) is 0 Å². The Morgan fingerprint density at radius 1 is 1.31 bits per heavy atom. The fraction of sp³-hybridized carbons (Fsp3) is 0.929. The average Bonchev–Trinajstić information content (AvgIpc) is 2.24. The number of ketones is 1. The van der Waals surface area contributed by atoms with E-state index < -0.39 is 0 Å². The van der Waals surface area contributed by atoms with Gasteiger partial charge in [0, 0.05) is 32.0 Å². The Balaban J connectivity index is 1.87. The van der Waals surface area contributed by atoms with Gasteiger partial charge in [-0.2, -0.15) is 0 Å². The second kappa shape index (κ2) is 4.87. The van der Waals surface area contributed by atoms with Gasteiger partial charge < -0.3 is 4.90 Å². The van der Waals surface area contributed by atoms with Crippen molar-refractivity contribution in [3.8, 4) is 0 Å². The van der Waals surface area contributed by atoms with Crippen molar-refractivity contribution < 1.29 is 4.79 Å². The second-order valence-corrected chi connectivity index (χ2v) is 6.22. The van der Waals surface area contributed by atoms with Crippen LogP contribution in [0.4, 0.5) is 0 Å². The molecule has 0 aromatic rings. The highest BCUT2D eigenvalue weighted by Crippen LogP contribution is 2.36. The molecule has 1 heterocycles. The van der Waals surface area contributed by atoms with Gasteiger partial charge in [-0.25, -0.2) is 0 Å². The van der Waals surface area contributed by atoms with Crippen molar-refractivity contribution in [1.29, 1.82) is 0 Å². The van der Waals surface area contributed by atoms with Crippen LogP contribution in [0.15, 0.2) is 0 Å². The first-order valence-electron chi connectivity index (χ1n) is 6.84. The fourth-order valence-electron chi connectivity index (χ4n) is 3.34. The molecule has 2 rings (SSSR count). The molecule has 1 aliphatic carbocycles. The highest BCUT2D eigenvalue weighted by atomic mass is 16.1. The van der Waals surface area contributed by atoms with Crippen molar-refractivity contribution in [3.05, 3.63) is 0 Å². The summed E-state index contributed by atoms with van der Waals surface area (Å²) in [6.07, 6.45) is 7.76. The first-order valence-corrected chi connectivity index (χ1v) is 6.84. The van der Waals surface area contributed by atoms with Crippen molar-refractivity contribution >= 4 is 5.78 Å². The van der Waals surface area contributed by atoms with E-state index in [1.54, 1.807) is 0 Å². The lowest BCUT2D eigenvalue weighted by atomic mass is 9.75. The summed E-state index contributed by atoms with van der Waals surface area (Å²) in [6, 6.07) is 0. The van der Waals surface area contributed by atoms with Gasteiger partial charge in [0.25, 0.3) is 0 Å². The number of hydrogen-bond donors (Lipinski definition) is 0. The van der Waals surface area contributed by atoms with E-state index in [-0.39, 0.29) is 5.92 Å². The summed E-state index contributed by atoms with van der Waals surface area (Å²) < 4.78 is 0. The lowest BCUT2D eigenvalue weighted by Gasteiger charge is -2.40. The van der Waals surface area contributed by atoms with Crippen LogP contribution in [0.3, 0.4) is 0 Å². The molecule has 2 aliphatic rings. The maximum atomic E-state index is 11.5. The zero-order valence-electron chi connectivity index (χ0n) is 10.8. The fourth-order valence-corrected chi connectivity index (χ4v) is 3.34. The number of carbonyl (C=O) groups is 1. The van der Waals surface area contributed by atoms with Crippen LogP contribution >= 0.6 is 0 Å². The molecule has 92 valence electrons. The lowest BCUT2D eigenvalue weighted by molar-refractivity contribution is -0.126. The molecule has 1 atom stereocenters. The summed E-state index contributed by atoms with van der Waals surface area (Å²) in [6.45, 7) is 7.72. The van der Waals surface area contributed by atoms with Crippen LogP contribution in [0.5, 0.6) is 0 Å². The largest absolute Gasteiger partial charge is 0.302 e. The Morgan fingerprint density at radius 2 is 2.00 bits per heavy atom. The molecule has 2 fully saturated rings. The highest BCUT2D eigenvalue weighted by Gasteiger charge is 2.32. The summed E-state index contributed by atoms with van der Waals surface area (Å²) in [5, 5.41) is 0. The number of hydrogen-bond acceptors (Lipinski definition) is 2. The molecular formula is C14H25NO. The van der Waals surface area contributed by atoms with Crippen LogP contribution in [-0.2, 0) is 4.79 Å². The second-order valence-electron chi connectivity index (χ2n) is 6.22. The summed E-state index contributed by atoms with van der Waals surface area (Å²) in [5.41, 5.74) is 0.526. The monoisotopic (exact) mass is 223 g/mol. The average molecular weight is 223 g/mol. The minimum Gasteiger partial charge on any atom is -0.302 e.